The maximum absolute atomic E-state index is 13.1. The van der Waals surface area contributed by atoms with Crippen LogP contribution in [0.15, 0.2) is 74.8 Å². The molecule has 2 heterocycles. The molecule has 0 saturated carbocycles. The van der Waals surface area contributed by atoms with Gasteiger partial charge in [0.15, 0.2) is 5.16 Å². The third kappa shape index (κ3) is 7.29. The summed E-state index contributed by atoms with van der Waals surface area (Å²) in [6.07, 6.45) is 1.35. The number of rotatable bonds is 11. The fraction of sp³-hybridized carbons (Fsp3) is 0.269. The van der Waals surface area contributed by atoms with Crippen molar-refractivity contribution in [2.45, 2.75) is 48.5 Å². The number of aromatic nitrogens is 2. The zero-order valence-electron chi connectivity index (χ0n) is 20.3. The molecule has 0 unspecified atom stereocenters. The molecule has 3 N–H and O–H groups in total. The van der Waals surface area contributed by atoms with E-state index in [4.69, 9.17) is 10.1 Å². The molecule has 4 rings (SSSR count). The number of thiophene rings is 1. The van der Waals surface area contributed by atoms with E-state index in [1.165, 1.54) is 40.8 Å². The number of benzene rings is 2. The highest BCUT2D eigenvalue weighted by Crippen LogP contribution is 2.24. The smallest absolute Gasteiger partial charge is 0.272 e. The molecule has 2 aromatic heterocycles. The lowest BCUT2D eigenvalue weighted by Crippen LogP contribution is -2.27. The van der Waals surface area contributed by atoms with Crippen molar-refractivity contribution in [3.63, 3.8) is 0 Å². The number of sulfonamides is 1. The van der Waals surface area contributed by atoms with Crippen LogP contribution in [0.3, 0.4) is 0 Å². The predicted molar refractivity (Wildman–Crippen MR) is 148 cm³/mol. The second kappa shape index (κ2) is 12.0. The van der Waals surface area contributed by atoms with Crippen molar-refractivity contribution in [3.8, 4) is 0 Å². The molecule has 0 aliphatic heterocycles. The average Bonchev–Trinajstić information content (AvgIpc) is 3.33. The second-order valence-corrected chi connectivity index (χ2v) is 12.1. The summed E-state index contributed by atoms with van der Waals surface area (Å²) in [5, 5.41) is 10.5. The minimum absolute atomic E-state index is 0.0576. The Morgan fingerprint density at radius 2 is 1.92 bits per heavy atom. The Hall–Kier alpha value is -2.99. The van der Waals surface area contributed by atoms with Crippen molar-refractivity contribution in [2.75, 3.05) is 6.54 Å². The van der Waals surface area contributed by atoms with E-state index in [9.17, 15) is 18.0 Å². The number of carbonyl (C=O) groups is 1. The highest BCUT2D eigenvalue weighted by molar-refractivity contribution is 7.98. The Bertz CT molecular complexity index is 1560. The molecule has 8 nitrogen and oxygen atoms in total. The van der Waals surface area contributed by atoms with Crippen molar-refractivity contribution >= 4 is 49.2 Å². The van der Waals surface area contributed by atoms with Crippen LogP contribution in [0, 0.1) is 6.92 Å². The quantitative estimate of drug-likeness (QED) is 0.214. The molecular weight excluding hydrogens is 529 g/mol. The van der Waals surface area contributed by atoms with Crippen LogP contribution < -0.4 is 16.0 Å². The van der Waals surface area contributed by atoms with Gasteiger partial charge in [-0.3, -0.25) is 14.2 Å². The van der Waals surface area contributed by atoms with E-state index in [0.717, 1.165) is 11.1 Å². The van der Waals surface area contributed by atoms with Gasteiger partial charge < -0.3 is 5.32 Å². The van der Waals surface area contributed by atoms with Crippen LogP contribution in [0.25, 0.3) is 10.2 Å². The van der Waals surface area contributed by atoms with E-state index >= 15 is 0 Å². The number of thioether (sulfide) groups is 1. The molecule has 0 saturated heterocycles. The van der Waals surface area contributed by atoms with Gasteiger partial charge in [0.25, 0.3) is 5.56 Å². The predicted octanol–water partition coefficient (Wildman–Crippen LogP) is 3.85. The van der Waals surface area contributed by atoms with Gasteiger partial charge in [-0.25, -0.2) is 18.5 Å². The van der Waals surface area contributed by atoms with Crippen LogP contribution in [0.1, 0.15) is 29.5 Å². The first kappa shape index (κ1) is 27.1. The van der Waals surface area contributed by atoms with E-state index in [2.05, 4.69) is 30.4 Å². The van der Waals surface area contributed by atoms with Gasteiger partial charge in [-0.1, -0.05) is 53.7 Å². The maximum atomic E-state index is 13.1. The van der Waals surface area contributed by atoms with Gasteiger partial charge in [0, 0.05) is 25.3 Å². The molecule has 0 atom stereocenters. The number of hydrogen-bond acceptors (Lipinski definition) is 7. The molecule has 0 bridgehead atoms. The van der Waals surface area contributed by atoms with E-state index in [1.807, 2.05) is 17.5 Å². The minimum atomic E-state index is -3.72. The van der Waals surface area contributed by atoms with Crippen molar-refractivity contribution < 1.29 is 13.2 Å². The van der Waals surface area contributed by atoms with Crippen molar-refractivity contribution in [1.82, 2.24) is 14.9 Å². The maximum Gasteiger partial charge on any atom is 0.272 e. The SMILES string of the molecule is Cc1cccc(CSc2nc3ccsc3c(=O)n2CCCC(=O)NCCc2ccc(S(N)(=O)=O)cc2)c1. The summed E-state index contributed by atoms with van der Waals surface area (Å²) < 4.78 is 25.0. The van der Waals surface area contributed by atoms with Crippen LogP contribution >= 0.6 is 23.1 Å². The number of aryl methyl sites for hydroxylation is 1. The van der Waals surface area contributed by atoms with E-state index in [-0.39, 0.29) is 22.8 Å². The van der Waals surface area contributed by atoms with Crippen LogP contribution in [0.2, 0.25) is 0 Å². The number of primary sulfonamides is 1. The number of nitrogens with zero attached hydrogens (tertiary/aromatic N) is 2. The third-order valence-electron chi connectivity index (χ3n) is 5.75. The molecule has 0 spiro atoms. The zero-order chi connectivity index (χ0) is 26.4. The highest BCUT2D eigenvalue weighted by Gasteiger charge is 2.14. The van der Waals surface area contributed by atoms with Gasteiger partial charge in [0.2, 0.25) is 15.9 Å². The number of nitrogens with two attached hydrogens (primary N) is 1. The normalized spacial score (nSPS) is 11.6. The topological polar surface area (TPSA) is 124 Å². The number of amides is 1. The lowest BCUT2D eigenvalue weighted by Gasteiger charge is -2.12. The fourth-order valence-corrected chi connectivity index (χ4v) is 6.12. The highest BCUT2D eigenvalue weighted by atomic mass is 32.2. The first-order chi connectivity index (χ1) is 17.7. The van der Waals surface area contributed by atoms with Crippen molar-refractivity contribution in [2.24, 2.45) is 5.14 Å². The van der Waals surface area contributed by atoms with E-state index < -0.39 is 10.0 Å². The number of fused-ring (bicyclic) bond motifs is 1. The molecule has 194 valence electrons. The molecule has 11 heteroatoms. The lowest BCUT2D eigenvalue weighted by atomic mass is 10.1. The summed E-state index contributed by atoms with van der Waals surface area (Å²) in [6.45, 7) is 2.88. The summed E-state index contributed by atoms with van der Waals surface area (Å²) >= 11 is 2.90. The van der Waals surface area contributed by atoms with Crippen LogP contribution in [-0.2, 0) is 33.5 Å². The van der Waals surface area contributed by atoms with Gasteiger partial charge in [-0.05, 0) is 54.5 Å². The Kier molecular flexibility index (Phi) is 8.80. The summed E-state index contributed by atoms with van der Waals surface area (Å²) in [5.74, 6) is 0.593. The lowest BCUT2D eigenvalue weighted by molar-refractivity contribution is -0.121. The third-order valence-corrected chi connectivity index (χ3v) is 8.62. The van der Waals surface area contributed by atoms with Gasteiger partial charge in [0.05, 0.1) is 10.4 Å². The number of carbonyl (C=O) groups excluding carboxylic acids is 1. The largest absolute Gasteiger partial charge is 0.356 e. The number of hydrogen-bond donors (Lipinski definition) is 2. The summed E-state index contributed by atoms with van der Waals surface area (Å²) in [4.78, 5) is 30.3. The van der Waals surface area contributed by atoms with Crippen LogP contribution in [-0.4, -0.2) is 30.4 Å². The van der Waals surface area contributed by atoms with Gasteiger partial charge >= 0.3 is 0 Å². The number of nitrogens with one attached hydrogen (secondary N) is 1. The van der Waals surface area contributed by atoms with Crippen molar-refractivity contribution in [1.29, 1.82) is 0 Å². The van der Waals surface area contributed by atoms with E-state index in [1.54, 1.807) is 16.7 Å². The molecule has 2 aromatic carbocycles. The summed E-state index contributed by atoms with van der Waals surface area (Å²) in [5.41, 5.74) is 3.87. The molecule has 37 heavy (non-hydrogen) atoms. The Morgan fingerprint density at radius 3 is 2.65 bits per heavy atom. The van der Waals surface area contributed by atoms with Crippen LogP contribution in [0.5, 0.6) is 0 Å². The fourth-order valence-electron chi connectivity index (χ4n) is 3.86. The Labute approximate surface area is 224 Å². The Morgan fingerprint density at radius 1 is 1.14 bits per heavy atom. The first-order valence-corrected chi connectivity index (χ1v) is 15.2. The molecule has 0 aliphatic carbocycles. The van der Waals surface area contributed by atoms with Gasteiger partial charge in [-0.2, -0.15) is 0 Å². The summed E-state index contributed by atoms with van der Waals surface area (Å²) in [6, 6.07) is 16.4. The standard InChI is InChI=1S/C26H28N4O4S3/c1-18-4-2-5-20(16-18)17-36-26-29-22-12-15-35-24(22)25(32)30(26)14-3-6-23(31)28-13-11-19-7-9-21(10-8-19)37(27,33)34/h2,4-5,7-10,12,15-16H,3,6,11,13-14,17H2,1H3,(H,28,31)(H2,27,33,34). The molecule has 1 amide bonds. The first-order valence-electron chi connectivity index (χ1n) is 11.8. The zero-order valence-corrected chi connectivity index (χ0v) is 22.8. The summed E-state index contributed by atoms with van der Waals surface area (Å²) in [7, 11) is -3.72. The molecule has 0 fully saturated rings. The average molecular weight is 557 g/mol. The van der Waals surface area contributed by atoms with Crippen LogP contribution in [0.4, 0.5) is 0 Å². The second-order valence-electron chi connectivity index (χ2n) is 8.66. The van der Waals surface area contributed by atoms with Crippen molar-refractivity contribution in [3.05, 3.63) is 87.0 Å². The monoisotopic (exact) mass is 556 g/mol. The van der Waals surface area contributed by atoms with E-state index in [0.29, 0.717) is 47.1 Å². The minimum Gasteiger partial charge on any atom is -0.356 e. The van der Waals surface area contributed by atoms with Gasteiger partial charge in [-0.15, -0.1) is 11.3 Å². The Balaban J connectivity index is 1.33. The van der Waals surface area contributed by atoms with Gasteiger partial charge in [0.1, 0.15) is 4.70 Å². The molecule has 0 radical (unpaired) electrons. The molecular formula is C26H28N4O4S3. The molecule has 4 aromatic rings. The molecule has 0 aliphatic rings.